The Morgan fingerprint density at radius 2 is 1.95 bits per heavy atom. The van der Waals surface area contributed by atoms with Crippen molar-refractivity contribution in [2.24, 2.45) is 0 Å². The summed E-state index contributed by atoms with van der Waals surface area (Å²) in [6.07, 6.45) is 3.34. The highest BCUT2D eigenvalue weighted by Crippen LogP contribution is 2.36. The van der Waals surface area contributed by atoms with Gasteiger partial charge in [-0.2, -0.15) is 0 Å². The number of allylic oxidation sites excluding steroid dienone is 1. The van der Waals surface area contributed by atoms with E-state index < -0.39 is 8.32 Å². The van der Waals surface area contributed by atoms with E-state index in [0.29, 0.717) is 6.61 Å². The molecule has 0 unspecified atom stereocenters. The van der Waals surface area contributed by atoms with Gasteiger partial charge in [0.1, 0.15) is 6.61 Å². The monoisotopic (exact) mass is 294 g/mol. The summed E-state index contributed by atoms with van der Waals surface area (Å²) in [7, 11) is -1.74. The fraction of sp³-hybridized carbons (Fsp3) is 0.562. The molecule has 0 heterocycles. The maximum absolute atomic E-state index is 10.5. The highest BCUT2D eigenvalue weighted by Gasteiger charge is 2.36. The Hall–Kier alpha value is -1.31. The first-order chi connectivity index (χ1) is 9.06. The second kappa shape index (κ2) is 8.08. The van der Waals surface area contributed by atoms with Crippen LogP contribution in [0.5, 0.6) is 0 Å². The standard InChI is InChI=1S/C16H26O3Si/c1-14(11-9-8-10-12-18-15(2)17)13-19-20(6,7)16(3,4)5/h8,10H,1,12-13H2,2-7H3/b10-8-. The molecule has 0 aliphatic heterocycles. The van der Waals surface area contributed by atoms with E-state index in [2.05, 4.69) is 52.3 Å². The molecule has 0 saturated heterocycles. The van der Waals surface area contributed by atoms with Crippen LogP contribution in [-0.2, 0) is 14.0 Å². The van der Waals surface area contributed by atoms with Gasteiger partial charge in [-0.3, -0.25) is 4.79 Å². The Morgan fingerprint density at radius 3 is 2.45 bits per heavy atom. The molecule has 0 rings (SSSR count). The molecule has 0 N–H and O–H groups in total. The molecule has 0 bridgehead atoms. The molecule has 0 aliphatic carbocycles. The second-order valence-corrected chi connectivity index (χ2v) is 10.9. The van der Waals surface area contributed by atoms with E-state index in [1.807, 2.05) is 0 Å². The topological polar surface area (TPSA) is 35.5 Å². The van der Waals surface area contributed by atoms with E-state index >= 15 is 0 Å². The van der Waals surface area contributed by atoms with Gasteiger partial charge in [0.05, 0.1) is 6.61 Å². The summed E-state index contributed by atoms with van der Waals surface area (Å²) in [6, 6.07) is 0. The third-order valence-corrected chi connectivity index (χ3v) is 7.72. The molecule has 0 aromatic heterocycles. The molecule has 0 aromatic rings. The number of ether oxygens (including phenoxy) is 1. The van der Waals surface area contributed by atoms with Crippen molar-refractivity contribution in [1.82, 2.24) is 0 Å². The molecule has 0 atom stereocenters. The lowest BCUT2D eigenvalue weighted by Gasteiger charge is -2.36. The number of esters is 1. The highest BCUT2D eigenvalue weighted by molar-refractivity contribution is 6.74. The second-order valence-electron chi connectivity index (χ2n) is 6.13. The summed E-state index contributed by atoms with van der Waals surface area (Å²) < 4.78 is 10.8. The summed E-state index contributed by atoms with van der Waals surface area (Å²) in [6.45, 7) is 17.0. The Balaban J connectivity index is 4.17. The van der Waals surface area contributed by atoms with Gasteiger partial charge in [-0.25, -0.2) is 0 Å². The van der Waals surface area contributed by atoms with Crippen molar-refractivity contribution in [1.29, 1.82) is 0 Å². The van der Waals surface area contributed by atoms with Crippen LogP contribution in [0.4, 0.5) is 0 Å². The lowest BCUT2D eigenvalue weighted by Crippen LogP contribution is -2.41. The summed E-state index contributed by atoms with van der Waals surface area (Å²) >= 11 is 0. The van der Waals surface area contributed by atoms with E-state index in [1.165, 1.54) is 6.92 Å². The Bertz CT molecular complexity index is 431. The van der Waals surface area contributed by atoms with E-state index in [-0.39, 0.29) is 17.6 Å². The van der Waals surface area contributed by atoms with Crippen LogP contribution in [0.3, 0.4) is 0 Å². The van der Waals surface area contributed by atoms with Crippen molar-refractivity contribution in [2.45, 2.75) is 45.8 Å². The van der Waals surface area contributed by atoms with Crippen LogP contribution in [0.25, 0.3) is 0 Å². The molecular weight excluding hydrogens is 268 g/mol. The fourth-order valence-corrected chi connectivity index (χ4v) is 1.90. The molecule has 0 amide bonds. The molecule has 3 nitrogen and oxygen atoms in total. The van der Waals surface area contributed by atoms with Crippen LogP contribution in [0.2, 0.25) is 18.1 Å². The van der Waals surface area contributed by atoms with Gasteiger partial charge in [-0.05, 0) is 30.3 Å². The fourth-order valence-electron chi connectivity index (χ4n) is 0.936. The Morgan fingerprint density at radius 1 is 1.35 bits per heavy atom. The quantitative estimate of drug-likeness (QED) is 0.441. The molecule has 0 aromatic carbocycles. The first-order valence-electron chi connectivity index (χ1n) is 6.68. The lowest BCUT2D eigenvalue weighted by molar-refractivity contribution is -0.139. The van der Waals surface area contributed by atoms with E-state index in [9.17, 15) is 4.79 Å². The minimum Gasteiger partial charge on any atom is -0.462 e. The number of rotatable bonds is 5. The van der Waals surface area contributed by atoms with Crippen LogP contribution in [0.1, 0.15) is 27.7 Å². The molecule has 0 fully saturated rings. The molecule has 0 aliphatic rings. The van der Waals surface area contributed by atoms with Crippen molar-refractivity contribution in [3.8, 4) is 11.8 Å². The summed E-state index contributed by atoms with van der Waals surface area (Å²) in [5.74, 6) is 5.47. The lowest BCUT2D eigenvalue weighted by atomic mass is 10.2. The summed E-state index contributed by atoms with van der Waals surface area (Å²) in [4.78, 5) is 10.5. The van der Waals surface area contributed by atoms with E-state index in [1.54, 1.807) is 12.2 Å². The third kappa shape index (κ3) is 7.98. The minimum atomic E-state index is -1.74. The largest absolute Gasteiger partial charge is 0.462 e. The van der Waals surface area contributed by atoms with Crippen molar-refractivity contribution in [3.63, 3.8) is 0 Å². The number of carbonyl (C=O) groups is 1. The maximum Gasteiger partial charge on any atom is 0.302 e. The first kappa shape index (κ1) is 18.7. The minimum absolute atomic E-state index is 0.185. The van der Waals surface area contributed by atoms with Gasteiger partial charge >= 0.3 is 5.97 Å². The van der Waals surface area contributed by atoms with Gasteiger partial charge in [-0.15, -0.1) is 0 Å². The first-order valence-corrected chi connectivity index (χ1v) is 9.59. The predicted molar refractivity (Wildman–Crippen MR) is 85.8 cm³/mol. The van der Waals surface area contributed by atoms with E-state index in [0.717, 1.165) is 5.57 Å². The summed E-state index contributed by atoms with van der Waals surface area (Å²) in [5.41, 5.74) is 0.756. The summed E-state index contributed by atoms with van der Waals surface area (Å²) in [5, 5.41) is 0.185. The van der Waals surface area contributed by atoms with Crippen LogP contribution >= 0.6 is 0 Å². The predicted octanol–water partition coefficient (Wildman–Crippen LogP) is 3.69. The van der Waals surface area contributed by atoms with Crippen LogP contribution in [0.15, 0.2) is 24.3 Å². The highest BCUT2D eigenvalue weighted by atomic mass is 28.4. The maximum atomic E-state index is 10.5. The number of hydrogen-bond donors (Lipinski definition) is 0. The van der Waals surface area contributed by atoms with Gasteiger partial charge in [0, 0.05) is 12.5 Å². The van der Waals surface area contributed by atoms with Gasteiger partial charge in [0.15, 0.2) is 8.32 Å². The molecule has 0 radical (unpaired) electrons. The van der Waals surface area contributed by atoms with Gasteiger partial charge in [-0.1, -0.05) is 39.2 Å². The van der Waals surface area contributed by atoms with Crippen molar-refractivity contribution in [2.75, 3.05) is 13.2 Å². The van der Waals surface area contributed by atoms with Crippen LogP contribution in [-0.4, -0.2) is 27.5 Å². The molecule has 0 spiro atoms. The Kier molecular flexibility index (Phi) is 7.55. The molecule has 112 valence electrons. The molecule has 0 saturated carbocycles. The molecular formula is C16H26O3Si. The van der Waals surface area contributed by atoms with Gasteiger partial charge < -0.3 is 9.16 Å². The third-order valence-electron chi connectivity index (χ3n) is 3.25. The zero-order valence-corrected chi connectivity index (χ0v) is 14.5. The van der Waals surface area contributed by atoms with Crippen molar-refractivity contribution < 1.29 is 14.0 Å². The average Bonchev–Trinajstić information content (AvgIpc) is 2.29. The average molecular weight is 294 g/mol. The SMILES string of the molecule is C=C(C#C/C=C\COC(C)=O)CO[Si](C)(C)C(C)(C)C. The Labute approximate surface area is 124 Å². The van der Waals surface area contributed by atoms with Crippen LogP contribution < -0.4 is 0 Å². The van der Waals surface area contributed by atoms with Gasteiger partial charge in [0.2, 0.25) is 0 Å². The molecule has 20 heavy (non-hydrogen) atoms. The number of hydrogen-bond acceptors (Lipinski definition) is 3. The number of carbonyl (C=O) groups excluding carboxylic acids is 1. The van der Waals surface area contributed by atoms with E-state index in [4.69, 9.17) is 9.16 Å². The van der Waals surface area contributed by atoms with Crippen LogP contribution in [0, 0.1) is 11.8 Å². The normalized spacial score (nSPS) is 11.9. The zero-order valence-electron chi connectivity index (χ0n) is 13.5. The molecule has 4 heteroatoms. The van der Waals surface area contributed by atoms with Crippen molar-refractivity contribution >= 4 is 14.3 Å². The zero-order chi connectivity index (χ0) is 15.8. The van der Waals surface area contributed by atoms with Gasteiger partial charge in [0.25, 0.3) is 0 Å². The van der Waals surface area contributed by atoms with Crippen molar-refractivity contribution in [3.05, 3.63) is 24.3 Å². The smallest absolute Gasteiger partial charge is 0.302 e.